The van der Waals surface area contributed by atoms with Gasteiger partial charge in [-0.25, -0.2) is 17.2 Å². The maximum Gasteiger partial charge on any atom is 0.191 e. The molecule has 3 aromatic carbocycles. The normalized spacial score (nSPS) is 11.6. The Hall–Kier alpha value is -3.04. The first-order chi connectivity index (χ1) is 15.9. The number of thioether (sulfide) groups is 1. The SMILES string of the molecule is O=S(=O)(CCCSc1nnc(-c2ccc(F)cc2)n1Cc1ccccc1)c1ccc(F)cc1. The monoisotopic (exact) mass is 485 g/mol. The second kappa shape index (κ2) is 10.3. The van der Waals surface area contributed by atoms with Crippen molar-refractivity contribution in [1.29, 1.82) is 0 Å². The summed E-state index contributed by atoms with van der Waals surface area (Å²) in [5.41, 5.74) is 1.80. The van der Waals surface area contributed by atoms with E-state index in [0.29, 0.717) is 29.7 Å². The van der Waals surface area contributed by atoms with Gasteiger partial charge in [-0.15, -0.1) is 10.2 Å². The fraction of sp³-hybridized carbons (Fsp3) is 0.167. The highest BCUT2D eigenvalue weighted by atomic mass is 32.2. The zero-order valence-electron chi connectivity index (χ0n) is 17.6. The van der Waals surface area contributed by atoms with Gasteiger partial charge in [-0.05, 0) is 60.5 Å². The predicted octanol–water partition coefficient (Wildman–Crippen LogP) is 5.23. The van der Waals surface area contributed by atoms with Gasteiger partial charge in [0.25, 0.3) is 0 Å². The number of rotatable bonds is 9. The van der Waals surface area contributed by atoms with E-state index in [1.165, 1.54) is 36.0 Å². The second-order valence-electron chi connectivity index (χ2n) is 7.36. The Bertz CT molecular complexity index is 1310. The number of sulfone groups is 1. The number of hydrogen-bond acceptors (Lipinski definition) is 5. The average Bonchev–Trinajstić information content (AvgIpc) is 3.20. The van der Waals surface area contributed by atoms with Gasteiger partial charge in [0.2, 0.25) is 0 Å². The topological polar surface area (TPSA) is 64.8 Å². The molecular weight excluding hydrogens is 464 g/mol. The maximum atomic E-state index is 13.4. The van der Waals surface area contributed by atoms with E-state index in [9.17, 15) is 17.2 Å². The molecule has 0 aliphatic carbocycles. The van der Waals surface area contributed by atoms with Crippen LogP contribution in [0, 0.1) is 11.6 Å². The minimum absolute atomic E-state index is 0.0523. The molecule has 0 aliphatic heterocycles. The van der Waals surface area contributed by atoms with Crippen LogP contribution >= 0.6 is 11.8 Å². The third-order valence-electron chi connectivity index (χ3n) is 4.96. The molecule has 0 unspecified atom stereocenters. The summed E-state index contributed by atoms with van der Waals surface area (Å²) >= 11 is 1.41. The van der Waals surface area contributed by atoms with Gasteiger partial charge in [0.1, 0.15) is 11.6 Å². The first-order valence-corrected chi connectivity index (χ1v) is 12.9. The lowest BCUT2D eigenvalue weighted by atomic mass is 10.2. The van der Waals surface area contributed by atoms with E-state index in [1.54, 1.807) is 12.1 Å². The summed E-state index contributed by atoms with van der Waals surface area (Å²) in [5, 5.41) is 9.27. The molecule has 0 bridgehead atoms. The molecule has 4 aromatic rings. The molecule has 33 heavy (non-hydrogen) atoms. The van der Waals surface area contributed by atoms with Gasteiger partial charge >= 0.3 is 0 Å². The predicted molar refractivity (Wildman–Crippen MR) is 125 cm³/mol. The zero-order chi connectivity index (χ0) is 23.3. The molecule has 5 nitrogen and oxygen atoms in total. The van der Waals surface area contributed by atoms with Crippen molar-refractivity contribution in [1.82, 2.24) is 14.8 Å². The van der Waals surface area contributed by atoms with Gasteiger partial charge in [0.05, 0.1) is 17.2 Å². The lowest BCUT2D eigenvalue weighted by molar-refractivity contribution is 0.593. The van der Waals surface area contributed by atoms with Crippen LogP contribution < -0.4 is 0 Å². The van der Waals surface area contributed by atoms with Crippen LogP contribution in [-0.4, -0.2) is 34.7 Å². The molecule has 0 radical (unpaired) electrons. The fourth-order valence-corrected chi connectivity index (χ4v) is 5.66. The Labute approximate surface area is 195 Å². The molecule has 0 saturated heterocycles. The van der Waals surface area contributed by atoms with Gasteiger partial charge in [-0.3, -0.25) is 4.57 Å². The van der Waals surface area contributed by atoms with Crippen molar-refractivity contribution < 1.29 is 17.2 Å². The van der Waals surface area contributed by atoms with Crippen LogP contribution in [0.2, 0.25) is 0 Å². The molecule has 0 saturated carbocycles. The quantitative estimate of drug-likeness (QED) is 0.185. The summed E-state index contributed by atoms with van der Waals surface area (Å²) in [6.45, 7) is 0.525. The molecule has 0 N–H and O–H groups in total. The van der Waals surface area contributed by atoms with Crippen molar-refractivity contribution in [3.05, 3.63) is 96.1 Å². The highest BCUT2D eigenvalue weighted by Gasteiger charge is 2.17. The first-order valence-electron chi connectivity index (χ1n) is 10.3. The zero-order valence-corrected chi connectivity index (χ0v) is 19.2. The summed E-state index contributed by atoms with van der Waals surface area (Å²) in [5.74, 6) is 0.268. The molecule has 0 spiro atoms. The van der Waals surface area contributed by atoms with Gasteiger partial charge in [-0.2, -0.15) is 0 Å². The van der Waals surface area contributed by atoms with Crippen molar-refractivity contribution in [3.8, 4) is 11.4 Å². The number of nitrogens with zero attached hydrogens (tertiary/aromatic N) is 3. The molecule has 170 valence electrons. The largest absolute Gasteiger partial charge is 0.298 e. The number of benzene rings is 3. The number of aromatic nitrogens is 3. The van der Waals surface area contributed by atoms with Gasteiger partial charge < -0.3 is 0 Å². The third kappa shape index (κ3) is 5.85. The molecule has 0 aliphatic rings. The van der Waals surface area contributed by atoms with E-state index in [-0.39, 0.29) is 16.5 Å². The van der Waals surface area contributed by atoms with E-state index >= 15 is 0 Å². The highest BCUT2D eigenvalue weighted by molar-refractivity contribution is 7.99. The third-order valence-corrected chi connectivity index (χ3v) is 7.83. The molecular formula is C24H21F2N3O2S2. The van der Waals surface area contributed by atoms with Crippen molar-refractivity contribution in [2.75, 3.05) is 11.5 Å². The van der Waals surface area contributed by atoms with Crippen molar-refractivity contribution >= 4 is 21.6 Å². The maximum absolute atomic E-state index is 13.4. The van der Waals surface area contributed by atoms with Crippen LogP contribution in [0.15, 0.2) is 88.9 Å². The van der Waals surface area contributed by atoms with E-state index in [4.69, 9.17) is 0 Å². The second-order valence-corrected chi connectivity index (χ2v) is 10.5. The van der Waals surface area contributed by atoms with Gasteiger partial charge in [-0.1, -0.05) is 42.1 Å². The molecule has 4 rings (SSSR count). The Balaban J connectivity index is 1.48. The van der Waals surface area contributed by atoms with Crippen LogP contribution in [0.1, 0.15) is 12.0 Å². The Morgan fingerprint density at radius 1 is 0.818 bits per heavy atom. The minimum atomic E-state index is -3.49. The average molecular weight is 486 g/mol. The molecule has 0 fully saturated rings. The van der Waals surface area contributed by atoms with E-state index < -0.39 is 15.7 Å². The summed E-state index contributed by atoms with van der Waals surface area (Å²) in [7, 11) is -3.49. The van der Waals surface area contributed by atoms with Crippen LogP contribution in [0.25, 0.3) is 11.4 Å². The van der Waals surface area contributed by atoms with Crippen LogP contribution in [0.5, 0.6) is 0 Å². The molecule has 9 heteroatoms. The molecule has 0 atom stereocenters. The Morgan fingerprint density at radius 2 is 1.45 bits per heavy atom. The van der Waals surface area contributed by atoms with Crippen LogP contribution in [0.3, 0.4) is 0 Å². The van der Waals surface area contributed by atoms with Gasteiger partial charge in [0.15, 0.2) is 20.8 Å². The summed E-state index contributed by atoms with van der Waals surface area (Å²) in [6, 6.07) is 20.8. The van der Waals surface area contributed by atoms with Crippen LogP contribution in [-0.2, 0) is 16.4 Å². The number of hydrogen-bond donors (Lipinski definition) is 0. The molecule has 0 amide bonds. The van der Waals surface area contributed by atoms with E-state index in [0.717, 1.165) is 23.3 Å². The fourth-order valence-electron chi connectivity index (χ4n) is 3.29. The molecule has 1 heterocycles. The highest BCUT2D eigenvalue weighted by Crippen LogP contribution is 2.26. The Morgan fingerprint density at radius 3 is 2.12 bits per heavy atom. The lowest BCUT2D eigenvalue weighted by Crippen LogP contribution is -2.08. The summed E-state index contributed by atoms with van der Waals surface area (Å²) in [6.07, 6.45) is 0.397. The molecule has 1 aromatic heterocycles. The minimum Gasteiger partial charge on any atom is -0.298 e. The van der Waals surface area contributed by atoms with E-state index in [1.807, 2.05) is 34.9 Å². The number of halogens is 2. The van der Waals surface area contributed by atoms with Crippen molar-refractivity contribution in [3.63, 3.8) is 0 Å². The standard InChI is InChI=1S/C24H21F2N3O2S2/c25-20-9-7-19(8-10-20)23-27-28-24(29(23)17-18-5-2-1-3-6-18)32-15-4-16-33(30,31)22-13-11-21(26)12-14-22/h1-3,5-14H,4,15-17H2. The van der Waals surface area contributed by atoms with Crippen molar-refractivity contribution in [2.24, 2.45) is 0 Å². The van der Waals surface area contributed by atoms with Gasteiger partial charge in [0, 0.05) is 11.3 Å². The first kappa shape index (κ1) is 23.1. The van der Waals surface area contributed by atoms with Crippen molar-refractivity contribution in [2.45, 2.75) is 23.0 Å². The lowest BCUT2D eigenvalue weighted by Gasteiger charge is -2.11. The smallest absolute Gasteiger partial charge is 0.191 e. The van der Waals surface area contributed by atoms with Crippen LogP contribution in [0.4, 0.5) is 8.78 Å². The summed E-state index contributed by atoms with van der Waals surface area (Å²) in [4.78, 5) is 0.111. The Kier molecular flexibility index (Phi) is 7.20. The van der Waals surface area contributed by atoms with E-state index in [2.05, 4.69) is 10.2 Å². The summed E-state index contributed by atoms with van der Waals surface area (Å²) < 4.78 is 53.4.